The van der Waals surface area contributed by atoms with Gasteiger partial charge in [-0.2, -0.15) is 0 Å². The highest BCUT2D eigenvalue weighted by atomic mass is 16.6. The Bertz CT molecular complexity index is 911. The summed E-state index contributed by atoms with van der Waals surface area (Å²) in [5, 5.41) is 0. The second-order valence-electron chi connectivity index (χ2n) is 12.0. The van der Waals surface area contributed by atoms with Crippen LogP contribution < -0.4 is 4.74 Å². The summed E-state index contributed by atoms with van der Waals surface area (Å²) in [4.78, 5) is 12.7. The monoisotopic (exact) mass is 538 g/mol. The van der Waals surface area contributed by atoms with Crippen molar-refractivity contribution in [1.29, 1.82) is 0 Å². The molecule has 4 heteroatoms. The molecule has 2 atom stereocenters. The van der Waals surface area contributed by atoms with Crippen LogP contribution in [0.2, 0.25) is 0 Å². The van der Waals surface area contributed by atoms with Crippen molar-refractivity contribution in [3.8, 4) is 5.75 Å². The van der Waals surface area contributed by atoms with E-state index in [-0.39, 0.29) is 18.0 Å². The van der Waals surface area contributed by atoms with Crippen LogP contribution in [0.5, 0.6) is 5.75 Å². The SMILES string of the molecule is CCCCCCCCCCCc1cccc(OC(CC)COC(=O)C(C)CC[N+](C)(C)Cc2ccccc2)c1. The number of unbranched alkanes of at least 4 members (excludes halogenated alkanes) is 8. The molecule has 218 valence electrons. The quantitative estimate of drug-likeness (QED) is 0.0905. The molecule has 2 rings (SSSR count). The molecule has 0 amide bonds. The van der Waals surface area contributed by atoms with Crippen LogP contribution in [0, 0.1) is 5.92 Å². The van der Waals surface area contributed by atoms with Gasteiger partial charge in [-0.15, -0.1) is 0 Å². The Hall–Kier alpha value is -2.33. The Morgan fingerprint density at radius 1 is 0.821 bits per heavy atom. The molecule has 0 saturated carbocycles. The van der Waals surface area contributed by atoms with Gasteiger partial charge in [0.25, 0.3) is 0 Å². The molecule has 0 saturated heterocycles. The summed E-state index contributed by atoms with van der Waals surface area (Å²) in [5.41, 5.74) is 2.64. The van der Waals surface area contributed by atoms with Crippen LogP contribution in [0.15, 0.2) is 54.6 Å². The standard InChI is InChI=1S/C35H56NO3/c1-6-8-9-10-11-12-13-14-16-20-31-23-19-24-34(27-31)39-33(7-2)29-38-35(37)30(3)25-26-36(4,5)28-32-21-17-15-18-22-32/h15,17-19,21-24,27,30,33H,6-14,16,20,25-26,28-29H2,1-5H3/q+1. The number of benzene rings is 2. The number of nitrogens with zero attached hydrogens (tertiary/aromatic N) is 1. The third-order valence-electron chi connectivity index (χ3n) is 7.66. The van der Waals surface area contributed by atoms with Crippen LogP contribution >= 0.6 is 0 Å². The van der Waals surface area contributed by atoms with Gasteiger partial charge >= 0.3 is 5.97 Å². The van der Waals surface area contributed by atoms with E-state index in [1.807, 2.05) is 19.1 Å². The molecule has 2 unspecified atom stereocenters. The van der Waals surface area contributed by atoms with Gasteiger partial charge in [-0.25, -0.2) is 0 Å². The van der Waals surface area contributed by atoms with E-state index >= 15 is 0 Å². The zero-order chi connectivity index (χ0) is 28.3. The topological polar surface area (TPSA) is 35.5 Å². The van der Waals surface area contributed by atoms with E-state index < -0.39 is 0 Å². The van der Waals surface area contributed by atoms with Gasteiger partial charge in [0.1, 0.15) is 25.0 Å². The van der Waals surface area contributed by atoms with Crippen LogP contribution in [-0.4, -0.2) is 43.8 Å². The van der Waals surface area contributed by atoms with Gasteiger partial charge in [-0.1, -0.05) is 115 Å². The van der Waals surface area contributed by atoms with Crippen molar-refractivity contribution in [3.63, 3.8) is 0 Å². The van der Waals surface area contributed by atoms with E-state index in [4.69, 9.17) is 9.47 Å². The lowest BCUT2D eigenvalue weighted by Gasteiger charge is -2.30. The van der Waals surface area contributed by atoms with Gasteiger partial charge in [-0.05, 0) is 37.0 Å². The van der Waals surface area contributed by atoms with Crippen molar-refractivity contribution in [2.75, 3.05) is 27.2 Å². The highest BCUT2D eigenvalue weighted by Gasteiger charge is 2.22. The zero-order valence-corrected chi connectivity index (χ0v) is 25.6. The molecule has 39 heavy (non-hydrogen) atoms. The van der Waals surface area contributed by atoms with E-state index in [2.05, 4.69) is 70.4 Å². The molecule has 2 aromatic carbocycles. The predicted molar refractivity (Wildman–Crippen MR) is 164 cm³/mol. The minimum absolute atomic E-state index is 0.129. The molecule has 0 aliphatic carbocycles. The fourth-order valence-corrected chi connectivity index (χ4v) is 4.98. The first-order chi connectivity index (χ1) is 18.8. The van der Waals surface area contributed by atoms with Crippen LogP contribution in [0.1, 0.15) is 103 Å². The molecule has 4 nitrogen and oxygen atoms in total. The van der Waals surface area contributed by atoms with Crippen molar-refractivity contribution in [2.45, 2.75) is 110 Å². The van der Waals surface area contributed by atoms with Crippen molar-refractivity contribution in [2.24, 2.45) is 5.92 Å². The molecule has 0 radical (unpaired) electrons. The third kappa shape index (κ3) is 14.6. The summed E-state index contributed by atoms with van der Waals surface area (Å²) in [6.07, 6.45) is 14.7. The number of ether oxygens (including phenoxy) is 2. The lowest BCUT2D eigenvalue weighted by Crippen LogP contribution is -2.40. The molecule has 0 bridgehead atoms. The molecule has 0 N–H and O–H groups in total. The molecule has 0 fully saturated rings. The van der Waals surface area contributed by atoms with Crippen LogP contribution in [0.4, 0.5) is 0 Å². The molecule has 0 spiro atoms. The average Bonchev–Trinajstić information content (AvgIpc) is 2.93. The zero-order valence-electron chi connectivity index (χ0n) is 25.6. The van der Waals surface area contributed by atoms with Gasteiger partial charge in [0, 0.05) is 12.0 Å². The van der Waals surface area contributed by atoms with Crippen LogP contribution in [0.25, 0.3) is 0 Å². The predicted octanol–water partition coefficient (Wildman–Crippen LogP) is 8.76. The number of carbonyl (C=O) groups excluding carboxylic acids is 1. The average molecular weight is 539 g/mol. The lowest BCUT2D eigenvalue weighted by atomic mass is 10.0. The van der Waals surface area contributed by atoms with E-state index in [9.17, 15) is 4.79 Å². The fourth-order valence-electron chi connectivity index (χ4n) is 4.98. The Kier molecular flexibility index (Phi) is 15.9. The summed E-state index contributed by atoms with van der Waals surface area (Å²) >= 11 is 0. The fraction of sp³-hybridized carbons (Fsp3) is 0.629. The summed E-state index contributed by atoms with van der Waals surface area (Å²) in [6, 6.07) is 19.0. The van der Waals surface area contributed by atoms with Crippen molar-refractivity contribution in [3.05, 3.63) is 65.7 Å². The van der Waals surface area contributed by atoms with Crippen molar-refractivity contribution < 1.29 is 18.8 Å². The molecule has 0 heterocycles. The summed E-state index contributed by atoms with van der Waals surface area (Å²) in [7, 11) is 4.44. The Labute approximate surface area is 239 Å². The highest BCUT2D eigenvalue weighted by molar-refractivity contribution is 5.71. The molecule has 2 aromatic rings. The molecule has 0 aliphatic heterocycles. The van der Waals surface area contributed by atoms with E-state index in [0.29, 0.717) is 6.61 Å². The largest absolute Gasteiger partial charge is 0.487 e. The molecule has 0 aromatic heterocycles. The first-order valence-electron chi connectivity index (χ1n) is 15.6. The van der Waals surface area contributed by atoms with Crippen molar-refractivity contribution >= 4 is 5.97 Å². The minimum Gasteiger partial charge on any atom is -0.487 e. The normalized spacial score (nSPS) is 13.2. The highest BCUT2D eigenvalue weighted by Crippen LogP contribution is 2.20. The number of quaternary nitrogens is 1. The number of aryl methyl sites for hydroxylation is 1. The summed E-state index contributed by atoms with van der Waals surface area (Å²) < 4.78 is 12.8. The number of hydrogen-bond donors (Lipinski definition) is 0. The Morgan fingerprint density at radius 2 is 1.46 bits per heavy atom. The maximum absolute atomic E-state index is 12.7. The number of esters is 1. The molecular weight excluding hydrogens is 482 g/mol. The molecule has 0 aliphatic rings. The van der Waals surface area contributed by atoms with Crippen LogP contribution in [0.3, 0.4) is 0 Å². The van der Waals surface area contributed by atoms with E-state index in [0.717, 1.165) is 42.6 Å². The summed E-state index contributed by atoms with van der Waals surface area (Å²) in [6.45, 7) is 8.50. The van der Waals surface area contributed by atoms with Crippen molar-refractivity contribution in [1.82, 2.24) is 0 Å². The van der Waals surface area contributed by atoms with Gasteiger partial charge in [0.2, 0.25) is 0 Å². The maximum atomic E-state index is 12.7. The second-order valence-corrected chi connectivity index (χ2v) is 12.0. The lowest BCUT2D eigenvalue weighted by molar-refractivity contribution is -0.904. The van der Waals surface area contributed by atoms with Gasteiger partial charge in [0.15, 0.2) is 0 Å². The Morgan fingerprint density at radius 3 is 2.13 bits per heavy atom. The first-order valence-corrected chi connectivity index (χ1v) is 15.6. The summed E-state index contributed by atoms with van der Waals surface area (Å²) in [5.74, 6) is 0.616. The molecular formula is C35H56NO3+. The Balaban J connectivity index is 1.68. The second kappa shape index (κ2) is 18.9. The van der Waals surface area contributed by atoms with Crippen LogP contribution in [-0.2, 0) is 22.5 Å². The van der Waals surface area contributed by atoms with Gasteiger partial charge in [-0.3, -0.25) is 4.79 Å². The number of hydrogen-bond acceptors (Lipinski definition) is 3. The van der Waals surface area contributed by atoms with E-state index in [1.54, 1.807) is 0 Å². The minimum atomic E-state index is -0.130. The van der Waals surface area contributed by atoms with Gasteiger partial charge < -0.3 is 14.0 Å². The third-order valence-corrected chi connectivity index (χ3v) is 7.66. The van der Waals surface area contributed by atoms with Gasteiger partial charge in [0.05, 0.1) is 26.6 Å². The smallest absolute Gasteiger partial charge is 0.309 e. The maximum Gasteiger partial charge on any atom is 0.309 e. The number of carbonyl (C=O) groups is 1. The first kappa shape index (κ1) is 32.9. The number of rotatable bonds is 21. The van der Waals surface area contributed by atoms with E-state index in [1.165, 1.54) is 68.9 Å².